The van der Waals surface area contributed by atoms with Crippen LogP contribution in [0.25, 0.3) is 16.1 Å². The summed E-state index contributed by atoms with van der Waals surface area (Å²) in [5.41, 5.74) is 1.75. The normalized spacial score (nSPS) is 11.7. The number of nitrogens with one attached hydrogen (secondary N) is 1. The molecule has 1 N–H and O–H groups in total. The maximum atomic E-state index is 12.7. The molecule has 152 valence electrons. The van der Waals surface area contributed by atoms with Crippen LogP contribution < -0.4 is 11.2 Å². The quantitative estimate of drug-likeness (QED) is 0.467. The summed E-state index contributed by atoms with van der Waals surface area (Å²) in [5.74, 6) is 0.676. The molecule has 0 radical (unpaired) electrons. The molecule has 0 aliphatic carbocycles. The first-order valence-corrected chi connectivity index (χ1v) is 10.4. The van der Waals surface area contributed by atoms with Gasteiger partial charge in [-0.25, -0.2) is 19.3 Å². The molecule has 5 rings (SSSR count). The largest absolute Gasteiger partial charge is 0.330 e. The van der Waals surface area contributed by atoms with Crippen molar-refractivity contribution in [2.45, 2.75) is 33.4 Å². The van der Waals surface area contributed by atoms with Crippen LogP contribution >= 0.6 is 11.3 Å². The molecule has 0 fully saturated rings. The Kier molecular flexibility index (Phi) is 4.35. The lowest BCUT2D eigenvalue weighted by atomic mass is 10.2. The van der Waals surface area contributed by atoms with Crippen molar-refractivity contribution in [3.05, 3.63) is 79.5 Å². The van der Waals surface area contributed by atoms with Crippen LogP contribution in [0.2, 0.25) is 0 Å². The summed E-state index contributed by atoms with van der Waals surface area (Å²) in [7, 11) is 0. The zero-order chi connectivity index (χ0) is 20.8. The van der Waals surface area contributed by atoms with Crippen molar-refractivity contribution >= 4 is 27.5 Å². The van der Waals surface area contributed by atoms with Gasteiger partial charge >= 0.3 is 5.69 Å². The van der Waals surface area contributed by atoms with Crippen molar-refractivity contribution in [2.75, 3.05) is 0 Å². The van der Waals surface area contributed by atoms with E-state index in [0.29, 0.717) is 36.5 Å². The predicted octanol–water partition coefficient (Wildman–Crippen LogP) is 1.96. The molecule has 4 heterocycles. The second kappa shape index (κ2) is 7.06. The van der Waals surface area contributed by atoms with Crippen LogP contribution in [-0.2, 0) is 19.5 Å². The SMILES string of the molecule is CCn1c(=O)[nH]c(=O)c2c1nc(Cc1cn3nc(C)sc3n1)n2Cc1ccccc1. The van der Waals surface area contributed by atoms with Crippen molar-refractivity contribution < 1.29 is 0 Å². The number of aromatic nitrogens is 7. The zero-order valence-electron chi connectivity index (χ0n) is 16.5. The van der Waals surface area contributed by atoms with Gasteiger partial charge in [-0.3, -0.25) is 14.3 Å². The number of rotatable bonds is 5. The van der Waals surface area contributed by atoms with Gasteiger partial charge in [0.1, 0.15) is 10.8 Å². The van der Waals surface area contributed by atoms with E-state index < -0.39 is 11.2 Å². The monoisotopic (exact) mass is 421 g/mol. The molecule has 0 unspecified atom stereocenters. The van der Waals surface area contributed by atoms with E-state index in [1.807, 2.05) is 54.9 Å². The van der Waals surface area contributed by atoms with E-state index in [2.05, 4.69) is 15.1 Å². The molecule has 0 atom stereocenters. The Morgan fingerprint density at radius 2 is 1.90 bits per heavy atom. The summed E-state index contributed by atoms with van der Waals surface area (Å²) in [6.45, 7) is 4.68. The highest BCUT2D eigenvalue weighted by molar-refractivity contribution is 7.16. The van der Waals surface area contributed by atoms with Gasteiger partial charge in [-0.2, -0.15) is 5.10 Å². The Morgan fingerprint density at radius 1 is 1.10 bits per heavy atom. The third-order valence-corrected chi connectivity index (χ3v) is 5.84. The van der Waals surface area contributed by atoms with Crippen LogP contribution in [0.5, 0.6) is 0 Å². The van der Waals surface area contributed by atoms with Crippen LogP contribution in [-0.4, -0.2) is 33.7 Å². The smallest absolute Gasteiger partial charge is 0.317 e. The first kappa shape index (κ1) is 18.5. The van der Waals surface area contributed by atoms with Crippen molar-refractivity contribution in [2.24, 2.45) is 0 Å². The van der Waals surface area contributed by atoms with E-state index >= 15 is 0 Å². The van der Waals surface area contributed by atoms with E-state index in [1.165, 1.54) is 15.9 Å². The number of benzene rings is 1. The van der Waals surface area contributed by atoms with Crippen LogP contribution in [0.1, 0.15) is 29.0 Å². The Morgan fingerprint density at radius 3 is 2.63 bits per heavy atom. The maximum absolute atomic E-state index is 12.7. The molecule has 4 aromatic heterocycles. The molecule has 5 aromatic rings. The van der Waals surface area contributed by atoms with Crippen LogP contribution in [0.4, 0.5) is 0 Å². The number of H-pyrrole nitrogens is 1. The van der Waals surface area contributed by atoms with Gasteiger partial charge in [0.2, 0.25) is 4.96 Å². The number of imidazole rings is 2. The standard InChI is InChI=1S/C20H19N7O2S/c1-3-25-17-16(18(28)23-19(25)29)26(10-13-7-5-4-6-8-13)15(22-17)9-14-11-27-20(21-14)30-12(2)24-27/h4-8,11H,3,9-10H2,1-2H3,(H,23,28,29). The first-order valence-electron chi connectivity index (χ1n) is 9.61. The first-order chi connectivity index (χ1) is 14.5. The molecule has 0 saturated heterocycles. The average molecular weight is 421 g/mol. The van der Waals surface area contributed by atoms with Crippen molar-refractivity contribution in [1.29, 1.82) is 0 Å². The second-order valence-electron chi connectivity index (χ2n) is 7.03. The second-order valence-corrected chi connectivity index (χ2v) is 8.19. The number of hydrogen-bond donors (Lipinski definition) is 1. The highest BCUT2D eigenvalue weighted by atomic mass is 32.1. The van der Waals surface area contributed by atoms with Crippen LogP contribution in [0, 0.1) is 6.92 Å². The summed E-state index contributed by atoms with van der Waals surface area (Å²) in [5, 5.41) is 5.35. The van der Waals surface area contributed by atoms with Gasteiger partial charge < -0.3 is 4.57 Å². The molecular formula is C20H19N7O2S. The lowest BCUT2D eigenvalue weighted by Crippen LogP contribution is -2.30. The van der Waals surface area contributed by atoms with E-state index in [4.69, 9.17) is 4.98 Å². The van der Waals surface area contributed by atoms with Crippen LogP contribution in [0.3, 0.4) is 0 Å². The van der Waals surface area contributed by atoms with Gasteiger partial charge in [0.25, 0.3) is 5.56 Å². The maximum Gasteiger partial charge on any atom is 0.330 e. The van der Waals surface area contributed by atoms with Crippen molar-refractivity contribution in [3.8, 4) is 0 Å². The molecule has 0 aliphatic heterocycles. The fraction of sp³-hybridized carbons (Fsp3) is 0.250. The highest BCUT2D eigenvalue weighted by Crippen LogP contribution is 2.19. The third kappa shape index (κ3) is 3.05. The molecule has 0 spiro atoms. The number of hydrogen-bond acceptors (Lipinski definition) is 6. The molecule has 30 heavy (non-hydrogen) atoms. The van der Waals surface area contributed by atoms with Gasteiger partial charge in [-0.15, -0.1) is 0 Å². The minimum absolute atomic E-state index is 0.394. The molecule has 10 heteroatoms. The van der Waals surface area contributed by atoms with Gasteiger partial charge in [0.15, 0.2) is 11.2 Å². The van der Waals surface area contributed by atoms with E-state index in [-0.39, 0.29) is 0 Å². The number of aryl methyl sites for hydroxylation is 2. The molecule has 0 amide bonds. The van der Waals surface area contributed by atoms with E-state index in [1.54, 1.807) is 4.52 Å². The third-order valence-electron chi connectivity index (χ3n) is 5.00. The summed E-state index contributed by atoms with van der Waals surface area (Å²) in [6, 6.07) is 9.86. The summed E-state index contributed by atoms with van der Waals surface area (Å²) < 4.78 is 5.12. The number of nitrogens with zero attached hydrogens (tertiary/aromatic N) is 6. The molecule has 0 bridgehead atoms. The predicted molar refractivity (Wildman–Crippen MR) is 114 cm³/mol. The van der Waals surface area contributed by atoms with Gasteiger partial charge in [-0.05, 0) is 19.4 Å². The Labute approximate surface area is 174 Å². The highest BCUT2D eigenvalue weighted by Gasteiger charge is 2.19. The Balaban J connectivity index is 1.69. The average Bonchev–Trinajstić information content (AvgIpc) is 3.35. The summed E-state index contributed by atoms with van der Waals surface area (Å²) >= 11 is 1.52. The molecular weight excluding hydrogens is 402 g/mol. The number of aromatic amines is 1. The summed E-state index contributed by atoms with van der Waals surface area (Å²) in [6.07, 6.45) is 2.30. The Hall–Kier alpha value is -3.53. The van der Waals surface area contributed by atoms with E-state index in [9.17, 15) is 9.59 Å². The minimum Gasteiger partial charge on any atom is -0.317 e. The topological polar surface area (TPSA) is 103 Å². The molecule has 1 aromatic carbocycles. The van der Waals surface area contributed by atoms with Crippen molar-refractivity contribution in [1.82, 2.24) is 33.7 Å². The van der Waals surface area contributed by atoms with Gasteiger partial charge in [0, 0.05) is 13.1 Å². The molecule has 9 nitrogen and oxygen atoms in total. The van der Waals surface area contributed by atoms with Gasteiger partial charge in [0.05, 0.1) is 18.3 Å². The number of fused-ring (bicyclic) bond motifs is 2. The summed E-state index contributed by atoms with van der Waals surface area (Å²) in [4.78, 5) is 37.6. The lowest BCUT2D eigenvalue weighted by molar-refractivity contribution is 0.717. The molecule has 0 aliphatic rings. The minimum atomic E-state index is -0.451. The van der Waals surface area contributed by atoms with Gasteiger partial charge in [-0.1, -0.05) is 41.7 Å². The van der Waals surface area contributed by atoms with Crippen LogP contribution in [0.15, 0.2) is 46.1 Å². The fourth-order valence-electron chi connectivity index (χ4n) is 3.67. The molecule has 0 saturated carbocycles. The lowest BCUT2D eigenvalue weighted by Gasteiger charge is -2.08. The fourth-order valence-corrected chi connectivity index (χ4v) is 4.42. The Bertz CT molecular complexity index is 1460. The van der Waals surface area contributed by atoms with Crippen molar-refractivity contribution in [3.63, 3.8) is 0 Å². The zero-order valence-corrected chi connectivity index (χ0v) is 17.3. The van der Waals surface area contributed by atoms with E-state index in [0.717, 1.165) is 21.2 Å².